The Morgan fingerprint density at radius 1 is 0.359 bits per heavy atom. The van der Waals surface area contributed by atoms with Crippen molar-refractivity contribution in [2.75, 3.05) is 13.2 Å². The predicted molar refractivity (Wildman–Crippen MR) is 267 cm³/mol. The average molecular weight is 829 g/mol. The fraction of sp³-hybridized carbons (Fsp3) is 0.133. The molecule has 4 nitrogen and oxygen atoms in total. The molecule has 64 heavy (non-hydrogen) atoms. The van der Waals surface area contributed by atoms with E-state index in [2.05, 4.69) is 161 Å². The maximum absolute atomic E-state index is 13.3. The first kappa shape index (κ1) is 38.1. The van der Waals surface area contributed by atoms with Crippen LogP contribution < -0.4 is 0 Å². The predicted octanol–water partition coefficient (Wildman–Crippen LogP) is 15.9. The second kappa shape index (κ2) is 14.5. The lowest BCUT2D eigenvalue weighted by Gasteiger charge is -2.18. The third-order valence-electron chi connectivity index (χ3n) is 13.3. The standard InChI is InChI=1S/C60H44O4/c1-33(2)31-63-59(61)53-27-25-51-43-11-5-9-41-39(21-23-49(55(41)43)45-13-7-15-47(53)57(45)51)37-19-17-36-30-38(20-18-35(36)29-37)40-22-24-50-46-14-8-16-48-54(60(62)64-32-34(3)4)28-26-52(58(46)48)44-12-6-10-42(40)56(44)50/h5-30,33-34H,31-32H2,1-4H3. The summed E-state index contributed by atoms with van der Waals surface area (Å²) in [5.74, 6) is -0.0182. The third kappa shape index (κ3) is 5.75. The van der Waals surface area contributed by atoms with Crippen LogP contribution in [0.3, 0.4) is 0 Å². The minimum atomic E-state index is -0.275. The molecule has 4 heteroatoms. The number of esters is 2. The van der Waals surface area contributed by atoms with Crippen LogP contribution in [-0.2, 0) is 9.47 Å². The fourth-order valence-electron chi connectivity index (χ4n) is 10.5. The van der Waals surface area contributed by atoms with Gasteiger partial charge in [0.2, 0.25) is 0 Å². The summed E-state index contributed by atoms with van der Waals surface area (Å²) in [5.41, 5.74) is 5.93. The molecule has 0 saturated heterocycles. The topological polar surface area (TPSA) is 52.6 Å². The molecule has 0 saturated carbocycles. The number of hydrogen-bond donors (Lipinski definition) is 0. The van der Waals surface area contributed by atoms with Crippen LogP contribution in [0.1, 0.15) is 48.4 Å². The molecule has 0 spiro atoms. The molecule has 0 amide bonds. The van der Waals surface area contributed by atoms with E-state index in [1.807, 2.05) is 24.3 Å². The van der Waals surface area contributed by atoms with Gasteiger partial charge >= 0.3 is 11.9 Å². The highest BCUT2D eigenvalue weighted by Crippen LogP contribution is 2.46. The van der Waals surface area contributed by atoms with E-state index in [1.54, 1.807) is 0 Å². The molecule has 0 atom stereocenters. The van der Waals surface area contributed by atoms with Gasteiger partial charge < -0.3 is 9.47 Å². The minimum Gasteiger partial charge on any atom is -0.462 e. The van der Waals surface area contributed by atoms with Crippen LogP contribution in [0.4, 0.5) is 0 Å². The highest BCUT2D eigenvalue weighted by Gasteiger charge is 2.22. The van der Waals surface area contributed by atoms with Crippen molar-refractivity contribution in [1.82, 2.24) is 0 Å². The molecule has 0 aliphatic rings. The van der Waals surface area contributed by atoms with Crippen LogP contribution in [0.15, 0.2) is 158 Å². The molecule has 0 unspecified atom stereocenters. The zero-order chi connectivity index (χ0) is 43.4. The van der Waals surface area contributed by atoms with E-state index in [-0.39, 0.29) is 23.8 Å². The van der Waals surface area contributed by atoms with Gasteiger partial charge in [-0.3, -0.25) is 0 Å². The summed E-state index contributed by atoms with van der Waals surface area (Å²) in [6.07, 6.45) is 0. The van der Waals surface area contributed by atoms with Gasteiger partial charge in [0.05, 0.1) is 24.3 Å². The van der Waals surface area contributed by atoms with Crippen LogP contribution in [0.2, 0.25) is 0 Å². The first-order valence-corrected chi connectivity index (χ1v) is 22.4. The van der Waals surface area contributed by atoms with Gasteiger partial charge in [-0.15, -0.1) is 0 Å². The molecule has 12 aromatic rings. The highest BCUT2D eigenvalue weighted by atomic mass is 16.5. The lowest BCUT2D eigenvalue weighted by atomic mass is 9.85. The number of carbonyl (C=O) groups excluding carboxylic acids is 2. The van der Waals surface area contributed by atoms with Gasteiger partial charge in [0.25, 0.3) is 0 Å². The van der Waals surface area contributed by atoms with E-state index in [9.17, 15) is 9.59 Å². The largest absolute Gasteiger partial charge is 0.462 e. The van der Waals surface area contributed by atoms with E-state index in [4.69, 9.17) is 9.47 Å². The van der Waals surface area contributed by atoms with Crippen molar-refractivity contribution in [3.05, 3.63) is 169 Å². The summed E-state index contributed by atoms with van der Waals surface area (Å²) < 4.78 is 11.4. The number of fused-ring (bicyclic) bond motifs is 5. The first-order chi connectivity index (χ1) is 31.2. The van der Waals surface area contributed by atoms with Gasteiger partial charge in [-0.05, 0) is 155 Å². The molecule has 0 aliphatic heterocycles. The molecule has 0 N–H and O–H groups in total. The monoisotopic (exact) mass is 828 g/mol. The zero-order valence-corrected chi connectivity index (χ0v) is 36.2. The molecule has 12 rings (SSSR count). The summed E-state index contributed by atoms with van der Waals surface area (Å²) in [6.45, 7) is 8.99. The van der Waals surface area contributed by atoms with E-state index >= 15 is 0 Å². The first-order valence-electron chi connectivity index (χ1n) is 22.4. The molecule has 0 aliphatic carbocycles. The van der Waals surface area contributed by atoms with E-state index in [1.165, 1.54) is 76.1 Å². The van der Waals surface area contributed by atoms with Crippen molar-refractivity contribution < 1.29 is 19.1 Å². The van der Waals surface area contributed by atoms with Crippen LogP contribution in [-0.4, -0.2) is 25.2 Å². The van der Waals surface area contributed by atoms with Crippen molar-refractivity contribution in [1.29, 1.82) is 0 Å². The molecular formula is C60H44O4. The average Bonchev–Trinajstić information content (AvgIpc) is 3.32. The summed E-state index contributed by atoms with van der Waals surface area (Å²) >= 11 is 0. The Kier molecular flexibility index (Phi) is 8.64. The Balaban J connectivity index is 0.949. The Hall–Kier alpha value is -7.56. The Bertz CT molecular complexity index is 3600. The summed E-state index contributed by atoms with van der Waals surface area (Å²) in [4.78, 5) is 26.6. The quantitative estimate of drug-likeness (QED) is 0.0870. The molecule has 0 heterocycles. The van der Waals surface area contributed by atoms with Crippen LogP contribution >= 0.6 is 0 Å². The summed E-state index contributed by atoms with van der Waals surface area (Å²) in [5, 5.41) is 20.6. The summed E-state index contributed by atoms with van der Waals surface area (Å²) in [6, 6.07) is 56.5. The van der Waals surface area contributed by atoms with Crippen molar-refractivity contribution in [2.24, 2.45) is 11.8 Å². The van der Waals surface area contributed by atoms with Crippen molar-refractivity contribution in [2.45, 2.75) is 27.7 Å². The van der Waals surface area contributed by atoms with Gasteiger partial charge in [0, 0.05) is 0 Å². The van der Waals surface area contributed by atoms with E-state index in [0.717, 1.165) is 43.1 Å². The third-order valence-corrected chi connectivity index (χ3v) is 13.3. The normalized spacial score (nSPS) is 12.3. The number of carbonyl (C=O) groups is 2. The van der Waals surface area contributed by atoms with Gasteiger partial charge in [0.15, 0.2) is 0 Å². The lowest BCUT2D eigenvalue weighted by Crippen LogP contribution is -2.10. The lowest BCUT2D eigenvalue weighted by molar-refractivity contribution is 0.0453. The molecule has 0 radical (unpaired) electrons. The Morgan fingerprint density at radius 3 is 1.05 bits per heavy atom. The molecule has 0 aromatic heterocycles. The van der Waals surface area contributed by atoms with Crippen molar-refractivity contribution in [3.8, 4) is 22.3 Å². The number of benzene rings is 12. The fourth-order valence-corrected chi connectivity index (χ4v) is 10.5. The van der Waals surface area contributed by atoms with Gasteiger partial charge in [-0.2, -0.15) is 0 Å². The van der Waals surface area contributed by atoms with Crippen LogP contribution in [0.5, 0.6) is 0 Å². The Morgan fingerprint density at radius 2 is 0.672 bits per heavy atom. The maximum Gasteiger partial charge on any atom is 0.338 e. The second-order valence-electron chi connectivity index (χ2n) is 18.3. The Labute approximate surface area is 370 Å². The zero-order valence-electron chi connectivity index (χ0n) is 36.2. The molecule has 0 fully saturated rings. The van der Waals surface area contributed by atoms with E-state index < -0.39 is 0 Å². The molecular weight excluding hydrogens is 785 g/mol. The maximum atomic E-state index is 13.3. The van der Waals surface area contributed by atoms with Crippen LogP contribution in [0, 0.1) is 11.8 Å². The van der Waals surface area contributed by atoms with E-state index in [0.29, 0.717) is 24.3 Å². The number of hydrogen-bond acceptors (Lipinski definition) is 4. The summed E-state index contributed by atoms with van der Waals surface area (Å²) in [7, 11) is 0. The van der Waals surface area contributed by atoms with Crippen molar-refractivity contribution in [3.63, 3.8) is 0 Å². The van der Waals surface area contributed by atoms with Gasteiger partial charge in [0.1, 0.15) is 0 Å². The van der Waals surface area contributed by atoms with Crippen molar-refractivity contribution >= 4 is 109 Å². The van der Waals surface area contributed by atoms with Gasteiger partial charge in [-0.1, -0.05) is 161 Å². The second-order valence-corrected chi connectivity index (χ2v) is 18.3. The molecule has 308 valence electrons. The highest BCUT2D eigenvalue weighted by molar-refractivity contribution is 6.37. The number of rotatable bonds is 8. The number of ether oxygens (including phenoxy) is 2. The molecule has 12 aromatic carbocycles. The van der Waals surface area contributed by atoms with Crippen LogP contribution in [0.25, 0.3) is 119 Å². The van der Waals surface area contributed by atoms with Gasteiger partial charge in [-0.25, -0.2) is 9.59 Å². The molecule has 0 bridgehead atoms. The minimum absolute atomic E-state index is 0.266. The SMILES string of the molecule is CC(C)COC(=O)c1ccc2c3cccc4c(-c5ccc6cc(-c7ccc8c9cccc%10c(C(=O)OCC(C)C)ccc(c%11cccc7c%118)c%109)ccc6c5)ccc(c5cccc1c25)c43. The smallest absolute Gasteiger partial charge is 0.338 e.